The summed E-state index contributed by atoms with van der Waals surface area (Å²) in [5, 5.41) is 0. The molecule has 2 N–H and O–H groups in total. The zero-order valence-corrected chi connectivity index (χ0v) is 24.3. The molecule has 5 rings (SSSR count). The van der Waals surface area contributed by atoms with Gasteiger partial charge in [0.15, 0.2) is 6.23 Å². The van der Waals surface area contributed by atoms with Crippen molar-refractivity contribution in [2.45, 2.75) is 56.2 Å². The molecule has 42 heavy (non-hydrogen) atoms. The van der Waals surface area contributed by atoms with Crippen LogP contribution in [0.15, 0.2) is 120 Å². The van der Waals surface area contributed by atoms with Crippen molar-refractivity contribution in [3.8, 4) is 0 Å². The fraction of sp³-hybridized carbons (Fsp3) is 0.273. The van der Waals surface area contributed by atoms with E-state index < -0.39 is 34.6 Å². The molecule has 8 nitrogen and oxygen atoms in total. The number of aryl methyl sites for hydroxylation is 1. The van der Waals surface area contributed by atoms with Crippen molar-refractivity contribution >= 4 is 10.0 Å². The summed E-state index contributed by atoms with van der Waals surface area (Å²) in [5.41, 5.74) is 6.84. The van der Waals surface area contributed by atoms with Crippen LogP contribution in [0.5, 0.6) is 0 Å². The van der Waals surface area contributed by atoms with Gasteiger partial charge in [-0.05, 0) is 35.7 Å². The lowest BCUT2D eigenvalue weighted by Crippen LogP contribution is -2.51. The van der Waals surface area contributed by atoms with Crippen molar-refractivity contribution in [3.63, 3.8) is 0 Å². The molecule has 4 aromatic rings. The molecule has 9 heteroatoms. The highest BCUT2D eigenvalue weighted by Crippen LogP contribution is 2.28. The highest BCUT2D eigenvalue weighted by Gasteiger charge is 2.47. The Labute approximate surface area is 247 Å². The van der Waals surface area contributed by atoms with E-state index in [2.05, 4.69) is 10.3 Å². The van der Waals surface area contributed by atoms with Gasteiger partial charge in [0.25, 0.3) is 10.0 Å². The Morgan fingerprint density at radius 2 is 1.17 bits per heavy atom. The first-order valence-electron chi connectivity index (χ1n) is 13.9. The van der Waals surface area contributed by atoms with E-state index in [0.29, 0.717) is 19.8 Å². The second-order valence-electron chi connectivity index (χ2n) is 10.2. The zero-order valence-electron chi connectivity index (χ0n) is 23.5. The molecule has 1 saturated heterocycles. The topological polar surface area (TPSA) is 95.1 Å². The zero-order chi connectivity index (χ0) is 29.2. The van der Waals surface area contributed by atoms with Gasteiger partial charge in [-0.3, -0.25) is 0 Å². The number of ether oxygens (including phenoxy) is 4. The first kappa shape index (κ1) is 30.1. The SMILES string of the molecule is Cc1ccc(S(=O)(=O)NN[C@H]2O[C@H](COCc3ccccc3)[C@@H](OCc3ccccc3)[C@H]2OCc2ccccc2)cc1. The summed E-state index contributed by atoms with van der Waals surface area (Å²) in [4.78, 5) is 2.62. The molecule has 1 fully saturated rings. The largest absolute Gasteiger partial charge is 0.374 e. The van der Waals surface area contributed by atoms with Crippen LogP contribution in [0.2, 0.25) is 0 Å². The lowest BCUT2D eigenvalue weighted by atomic mass is 10.1. The summed E-state index contributed by atoms with van der Waals surface area (Å²) in [6, 6.07) is 36.1. The normalized spacial score (nSPS) is 20.5. The number of nitrogens with one attached hydrogen (secondary N) is 2. The molecule has 1 aliphatic rings. The molecule has 0 spiro atoms. The van der Waals surface area contributed by atoms with Crippen molar-refractivity contribution in [2.75, 3.05) is 6.61 Å². The van der Waals surface area contributed by atoms with E-state index in [1.54, 1.807) is 24.3 Å². The Bertz CT molecular complexity index is 1470. The molecule has 1 aliphatic heterocycles. The molecule has 0 aliphatic carbocycles. The van der Waals surface area contributed by atoms with Crippen LogP contribution in [0.3, 0.4) is 0 Å². The molecule has 0 saturated carbocycles. The van der Waals surface area contributed by atoms with Crippen LogP contribution < -0.4 is 10.3 Å². The average molecular weight is 589 g/mol. The third-order valence-electron chi connectivity index (χ3n) is 6.94. The predicted octanol–water partition coefficient (Wildman–Crippen LogP) is 4.89. The van der Waals surface area contributed by atoms with Crippen molar-refractivity contribution in [1.82, 2.24) is 10.3 Å². The Kier molecular flexibility index (Phi) is 10.5. The lowest BCUT2D eigenvalue weighted by molar-refractivity contribution is -0.0901. The first-order chi connectivity index (χ1) is 20.5. The monoisotopic (exact) mass is 588 g/mol. The maximum atomic E-state index is 13.1. The Morgan fingerprint density at radius 3 is 1.71 bits per heavy atom. The summed E-state index contributed by atoms with van der Waals surface area (Å²) in [5.74, 6) is 0. The van der Waals surface area contributed by atoms with Crippen LogP contribution in [-0.4, -0.2) is 39.6 Å². The van der Waals surface area contributed by atoms with E-state index >= 15 is 0 Å². The second-order valence-corrected chi connectivity index (χ2v) is 11.9. The summed E-state index contributed by atoms with van der Waals surface area (Å²) in [6.07, 6.45) is -2.58. The van der Waals surface area contributed by atoms with Crippen molar-refractivity contribution in [3.05, 3.63) is 138 Å². The molecule has 0 radical (unpaired) electrons. The molecular weight excluding hydrogens is 552 g/mol. The third-order valence-corrected chi connectivity index (χ3v) is 8.22. The molecule has 1 heterocycles. The van der Waals surface area contributed by atoms with Crippen molar-refractivity contribution in [2.24, 2.45) is 0 Å². The van der Waals surface area contributed by atoms with Crippen LogP contribution >= 0.6 is 0 Å². The minimum atomic E-state index is -3.87. The van der Waals surface area contributed by atoms with Crippen LogP contribution in [0, 0.1) is 6.92 Å². The summed E-state index contributed by atoms with van der Waals surface area (Å²) in [6.45, 7) is 3.15. The maximum Gasteiger partial charge on any atom is 0.253 e. The van der Waals surface area contributed by atoms with E-state index in [-0.39, 0.29) is 11.5 Å². The van der Waals surface area contributed by atoms with Gasteiger partial charge in [-0.1, -0.05) is 109 Å². The first-order valence-corrected chi connectivity index (χ1v) is 15.4. The second kappa shape index (κ2) is 14.7. The van der Waals surface area contributed by atoms with Crippen LogP contribution in [0.25, 0.3) is 0 Å². The fourth-order valence-electron chi connectivity index (χ4n) is 4.67. The highest BCUT2D eigenvalue weighted by molar-refractivity contribution is 7.89. The number of sulfonamides is 1. The van der Waals surface area contributed by atoms with Gasteiger partial charge in [0.05, 0.1) is 31.3 Å². The van der Waals surface area contributed by atoms with Gasteiger partial charge >= 0.3 is 0 Å². The molecular formula is C33H36N2O6S. The number of hydrogen-bond acceptors (Lipinski definition) is 7. The Balaban J connectivity index is 1.34. The fourth-order valence-corrected chi connectivity index (χ4v) is 5.56. The standard InChI is InChI=1S/C33H36N2O6S/c1-25-17-19-29(20-18-25)42(36,37)35-34-33-32(40-23-28-15-9-4-10-16-28)31(39-22-27-13-7-3-8-14-27)30(41-33)24-38-21-26-11-5-2-6-12-26/h2-20,30-35H,21-24H2,1H3/t30-,31-,32-,33+/m1/s1. The van der Waals surface area contributed by atoms with Crippen molar-refractivity contribution < 1.29 is 27.4 Å². The van der Waals surface area contributed by atoms with Gasteiger partial charge in [-0.25, -0.2) is 13.8 Å². The molecule has 0 amide bonds. The highest BCUT2D eigenvalue weighted by atomic mass is 32.2. The van der Waals surface area contributed by atoms with E-state index in [9.17, 15) is 8.42 Å². The summed E-state index contributed by atoms with van der Waals surface area (Å²) >= 11 is 0. The molecule has 0 unspecified atom stereocenters. The number of hydrogen-bond donors (Lipinski definition) is 2. The predicted molar refractivity (Wildman–Crippen MR) is 159 cm³/mol. The van der Waals surface area contributed by atoms with Crippen molar-refractivity contribution in [1.29, 1.82) is 0 Å². The van der Waals surface area contributed by atoms with E-state index in [4.69, 9.17) is 18.9 Å². The average Bonchev–Trinajstić information content (AvgIpc) is 3.35. The molecule has 0 aromatic heterocycles. The van der Waals surface area contributed by atoms with E-state index in [0.717, 1.165) is 22.3 Å². The molecule has 4 atom stereocenters. The quantitative estimate of drug-likeness (QED) is 0.203. The van der Waals surface area contributed by atoms with Gasteiger partial charge < -0.3 is 18.9 Å². The minimum Gasteiger partial charge on any atom is -0.374 e. The van der Waals surface area contributed by atoms with Crippen LogP contribution in [-0.2, 0) is 48.8 Å². The number of benzene rings is 4. The number of hydrazine groups is 1. The summed E-state index contributed by atoms with van der Waals surface area (Å²) in [7, 11) is -3.87. The van der Waals surface area contributed by atoms with Crippen LogP contribution in [0.4, 0.5) is 0 Å². The molecule has 220 valence electrons. The van der Waals surface area contributed by atoms with Crippen LogP contribution in [0.1, 0.15) is 22.3 Å². The molecule has 4 aromatic carbocycles. The lowest BCUT2D eigenvalue weighted by Gasteiger charge is -2.25. The Morgan fingerprint density at radius 1 is 0.667 bits per heavy atom. The smallest absolute Gasteiger partial charge is 0.253 e. The van der Waals surface area contributed by atoms with Gasteiger partial charge in [0, 0.05) is 0 Å². The van der Waals surface area contributed by atoms with Gasteiger partial charge in [-0.2, -0.15) is 0 Å². The summed E-state index contributed by atoms with van der Waals surface area (Å²) < 4.78 is 51.3. The minimum absolute atomic E-state index is 0.139. The maximum absolute atomic E-state index is 13.1. The van der Waals surface area contributed by atoms with Gasteiger partial charge in [0.1, 0.15) is 18.3 Å². The number of rotatable bonds is 14. The van der Waals surface area contributed by atoms with E-state index in [1.165, 1.54) is 0 Å². The molecule has 0 bridgehead atoms. The van der Waals surface area contributed by atoms with Gasteiger partial charge in [-0.15, -0.1) is 4.83 Å². The Hall–Kier alpha value is -3.41. The third kappa shape index (κ3) is 8.33. The van der Waals surface area contributed by atoms with Gasteiger partial charge in [0.2, 0.25) is 0 Å². The van der Waals surface area contributed by atoms with E-state index in [1.807, 2.05) is 97.9 Å².